The molecule has 0 aromatic heterocycles. The summed E-state index contributed by atoms with van der Waals surface area (Å²) >= 11 is 1.88. The van der Waals surface area contributed by atoms with E-state index < -0.39 is 28.8 Å². The number of hydrogen-bond donors (Lipinski definition) is 0. The number of carbonyl (C=O) groups is 1. The third-order valence-electron chi connectivity index (χ3n) is 3.91. The second-order valence-corrected chi connectivity index (χ2v) is 6.84. The summed E-state index contributed by atoms with van der Waals surface area (Å²) < 4.78 is 40.1. The molecule has 2 heterocycles. The molecule has 3 rings (SSSR count). The third-order valence-corrected chi connectivity index (χ3v) is 5.54. The maximum atomic E-state index is 13.6. The number of ketones is 1. The molecule has 2 bridgehead atoms. The lowest BCUT2D eigenvalue weighted by atomic mass is 9.90. The fourth-order valence-electron chi connectivity index (χ4n) is 3.05. The smallest absolute Gasteiger partial charge is 0.171 e. The van der Waals surface area contributed by atoms with E-state index in [4.69, 9.17) is 0 Å². The number of halogens is 3. The van der Waals surface area contributed by atoms with Crippen LogP contribution >= 0.6 is 11.8 Å². The van der Waals surface area contributed by atoms with Gasteiger partial charge in [0.05, 0.1) is 5.56 Å². The average Bonchev–Trinajstić information content (AvgIpc) is 2.66. The van der Waals surface area contributed by atoms with Crippen LogP contribution < -0.4 is 0 Å². The van der Waals surface area contributed by atoms with Crippen molar-refractivity contribution in [2.75, 3.05) is 0 Å². The maximum absolute atomic E-state index is 13.6. The Kier molecular flexibility index (Phi) is 3.33. The summed E-state index contributed by atoms with van der Waals surface area (Å²) in [5.41, 5.74) is -0.572. The first-order chi connectivity index (χ1) is 9.04. The lowest BCUT2D eigenvalue weighted by Gasteiger charge is -2.26. The monoisotopic (exact) mass is 286 g/mol. The molecular weight excluding hydrogens is 273 g/mol. The Labute approximate surface area is 113 Å². The van der Waals surface area contributed by atoms with E-state index in [1.807, 2.05) is 11.8 Å². The lowest BCUT2D eigenvalue weighted by Crippen LogP contribution is -2.26. The van der Waals surface area contributed by atoms with Gasteiger partial charge in [-0.25, -0.2) is 13.2 Å². The highest BCUT2D eigenvalue weighted by Crippen LogP contribution is 2.46. The number of carbonyl (C=O) groups excluding carboxylic acids is 1. The summed E-state index contributed by atoms with van der Waals surface area (Å²) in [6, 6.07) is 1.14. The number of rotatable bonds is 2. The fourth-order valence-corrected chi connectivity index (χ4v) is 4.83. The van der Waals surface area contributed by atoms with Gasteiger partial charge < -0.3 is 0 Å². The van der Waals surface area contributed by atoms with E-state index in [2.05, 4.69) is 0 Å². The van der Waals surface area contributed by atoms with Crippen LogP contribution in [-0.2, 0) is 0 Å². The molecule has 2 unspecified atom stereocenters. The van der Waals surface area contributed by atoms with Gasteiger partial charge in [0, 0.05) is 28.6 Å². The predicted molar refractivity (Wildman–Crippen MR) is 67.8 cm³/mol. The molecular formula is C14H13F3OS. The van der Waals surface area contributed by atoms with E-state index in [0.717, 1.165) is 12.8 Å². The van der Waals surface area contributed by atoms with Crippen molar-refractivity contribution < 1.29 is 18.0 Å². The van der Waals surface area contributed by atoms with Crippen LogP contribution in [0.4, 0.5) is 13.2 Å². The Morgan fingerprint density at radius 1 is 1.05 bits per heavy atom. The van der Waals surface area contributed by atoms with Gasteiger partial charge in [-0.1, -0.05) is 0 Å². The molecule has 0 radical (unpaired) electrons. The number of benzene rings is 1. The Bertz CT molecular complexity index is 496. The molecule has 1 nitrogen and oxygen atoms in total. The Balaban J connectivity index is 1.88. The minimum Gasteiger partial charge on any atom is -0.294 e. The van der Waals surface area contributed by atoms with Gasteiger partial charge in [-0.15, -0.1) is 0 Å². The predicted octanol–water partition coefficient (Wildman–Crippen LogP) is 3.96. The van der Waals surface area contributed by atoms with E-state index in [9.17, 15) is 18.0 Å². The number of hydrogen-bond acceptors (Lipinski definition) is 2. The van der Waals surface area contributed by atoms with E-state index >= 15 is 0 Å². The largest absolute Gasteiger partial charge is 0.294 e. The van der Waals surface area contributed by atoms with Gasteiger partial charge >= 0.3 is 0 Å². The normalized spacial score (nSPS) is 29.5. The molecule has 0 N–H and O–H groups in total. The molecule has 0 aliphatic carbocycles. The van der Waals surface area contributed by atoms with Gasteiger partial charge in [-0.2, -0.15) is 11.8 Å². The van der Waals surface area contributed by atoms with Crippen LogP contribution in [0, 0.1) is 23.4 Å². The molecule has 2 saturated heterocycles. The third kappa shape index (κ3) is 2.40. The number of Topliss-reactive ketones (excluding diaryl/α,β-unsaturated/α-hetero) is 1. The van der Waals surface area contributed by atoms with Gasteiger partial charge in [0.1, 0.15) is 17.5 Å². The highest BCUT2D eigenvalue weighted by atomic mass is 32.2. The van der Waals surface area contributed by atoms with Crippen LogP contribution in [0.2, 0.25) is 0 Å². The van der Waals surface area contributed by atoms with Crippen LogP contribution in [0.25, 0.3) is 0 Å². The summed E-state index contributed by atoms with van der Waals surface area (Å²) in [6.07, 6.45) is 3.51. The van der Waals surface area contributed by atoms with E-state index in [1.165, 1.54) is 0 Å². The molecule has 102 valence electrons. The highest BCUT2D eigenvalue weighted by Gasteiger charge is 2.39. The van der Waals surface area contributed by atoms with Crippen LogP contribution in [0.1, 0.15) is 36.0 Å². The van der Waals surface area contributed by atoms with Crippen molar-refractivity contribution in [1.82, 2.24) is 0 Å². The summed E-state index contributed by atoms with van der Waals surface area (Å²) in [7, 11) is 0. The minimum atomic E-state index is -1.09. The van der Waals surface area contributed by atoms with Crippen molar-refractivity contribution in [2.45, 2.75) is 36.2 Å². The Morgan fingerprint density at radius 2 is 1.58 bits per heavy atom. The zero-order valence-corrected chi connectivity index (χ0v) is 11.0. The summed E-state index contributed by atoms with van der Waals surface area (Å²) in [5.74, 6) is -4.01. The van der Waals surface area contributed by atoms with Gasteiger partial charge in [0.2, 0.25) is 0 Å². The number of thioether (sulfide) groups is 1. The van der Waals surface area contributed by atoms with Crippen molar-refractivity contribution in [3.05, 3.63) is 35.1 Å². The maximum Gasteiger partial charge on any atom is 0.171 e. The van der Waals surface area contributed by atoms with Gasteiger partial charge in [0.25, 0.3) is 0 Å². The molecule has 19 heavy (non-hydrogen) atoms. The molecule has 1 aromatic carbocycles. The first-order valence-corrected chi connectivity index (χ1v) is 7.33. The topological polar surface area (TPSA) is 17.1 Å². The first-order valence-electron chi connectivity index (χ1n) is 6.39. The Morgan fingerprint density at radius 3 is 2.11 bits per heavy atom. The van der Waals surface area contributed by atoms with Crippen molar-refractivity contribution in [3.8, 4) is 0 Å². The van der Waals surface area contributed by atoms with E-state index in [0.29, 0.717) is 35.5 Å². The van der Waals surface area contributed by atoms with Crippen LogP contribution in [0.3, 0.4) is 0 Å². The van der Waals surface area contributed by atoms with E-state index in [-0.39, 0.29) is 5.92 Å². The van der Waals surface area contributed by atoms with Crippen LogP contribution in [-0.4, -0.2) is 16.3 Å². The molecule has 0 amide bonds. The summed E-state index contributed by atoms with van der Waals surface area (Å²) in [5, 5.41) is 0.860. The standard InChI is InChI=1S/C14H13F3OS/c15-8-5-11(16)13(12(17)6-8)14(18)7-3-9-1-2-10(4-7)19-9/h5-7,9-10H,1-4H2. The highest BCUT2D eigenvalue weighted by molar-refractivity contribution is 8.00. The zero-order chi connectivity index (χ0) is 13.6. The van der Waals surface area contributed by atoms with Crippen molar-refractivity contribution >= 4 is 17.5 Å². The van der Waals surface area contributed by atoms with Crippen molar-refractivity contribution in [1.29, 1.82) is 0 Å². The molecule has 0 spiro atoms. The fraction of sp³-hybridized carbons (Fsp3) is 0.500. The minimum absolute atomic E-state index is 0.326. The summed E-state index contributed by atoms with van der Waals surface area (Å²) in [6.45, 7) is 0. The molecule has 2 aliphatic heterocycles. The van der Waals surface area contributed by atoms with Gasteiger partial charge in [-0.3, -0.25) is 4.79 Å². The number of fused-ring (bicyclic) bond motifs is 2. The summed E-state index contributed by atoms with van der Waals surface area (Å²) in [4.78, 5) is 12.3. The quantitative estimate of drug-likeness (QED) is 0.765. The molecule has 1 aromatic rings. The zero-order valence-electron chi connectivity index (χ0n) is 10.2. The average molecular weight is 286 g/mol. The first kappa shape index (κ1) is 13.0. The molecule has 2 fully saturated rings. The van der Waals surface area contributed by atoms with Crippen molar-refractivity contribution in [2.24, 2.45) is 5.92 Å². The molecule has 0 saturated carbocycles. The van der Waals surface area contributed by atoms with Crippen molar-refractivity contribution in [3.63, 3.8) is 0 Å². The SMILES string of the molecule is O=C(c1c(F)cc(F)cc1F)C1CC2CCC(C1)S2. The second-order valence-electron chi connectivity index (χ2n) is 5.23. The second kappa shape index (κ2) is 4.85. The van der Waals surface area contributed by atoms with Gasteiger partial charge in [0.15, 0.2) is 5.78 Å². The molecule has 5 heteroatoms. The molecule has 2 aliphatic rings. The van der Waals surface area contributed by atoms with Crippen LogP contribution in [0.5, 0.6) is 0 Å². The van der Waals surface area contributed by atoms with E-state index in [1.54, 1.807) is 0 Å². The van der Waals surface area contributed by atoms with Crippen LogP contribution in [0.15, 0.2) is 12.1 Å². The van der Waals surface area contributed by atoms with Gasteiger partial charge in [-0.05, 0) is 25.7 Å². The molecule has 2 atom stereocenters. The lowest BCUT2D eigenvalue weighted by molar-refractivity contribution is 0.0898. The Hall–Kier alpha value is -0.970.